The Kier molecular flexibility index (Phi) is 5.71. The van der Waals surface area contributed by atoms with E-state index in [9.17, 15) is 8.42 Å². The van der Waals surface area contributed by atoms with Crippen LogP contribution in [0.15, 0.2) is 22.9 Å². The van der Waals surface area contributed by atoms with Gasteiger partial charge in [-0.05, 0) is 51.7 Å². The molecule has 0 N–H and O–H groups in total. The predicted octanol–water partition coefficient (Wildman–Crippen LogP) is 3.60. The summed E-state index contributed by atoms with van der Waals surface area (Å²) in [5.41, 5.74) is 1.04. The number of aromatic nitrogens is 1. The minimum absolute atomic E-state index is 0.0912. The van der Waals surface area contributed by atoms with E-state index < -0.39 is 9.84 Å². The maximum absolute atomic E-state index is 11.8. The zero-order valence-electron chi connectivity index (χ0n) is 10.9. The van der Waals surface area contributed by atoms with Gasteiger partial charge < -0.3 is 0 Å². The van der Waals surface area contributed by atoms with Crippen molar-refractivity contribution in [3.63, 3.8) is 0 Å². The molecule has 112 valence electrons. The minimum Gasteiger partial charge on any atom is -0.263 e. The van der Waals surface area contributed by atoms with E-state index in [0.717, 1.165) is 33.5 Å². The molecule has 1 aliphatic heterocycles. The normalized spacial score (nSPS) is 22.1. The van der Waals surface area contributed by atoms with Crippen molar-refractivity contribution in [1.82, 2.24) is 4.98 Å². The molecule has 0 aliphatic carbocycles. The van der Waals surface area contributed by atoms with Gasteiger partial charge in [0, 0.05) is 27.5 Å². The molecule has 2 heterocycles. The van der Waals surface area contributed by atoms with Gasteiger partial charge in [0.05, 0.1) is 11.5 Å². The van der Waals surface area contributed by atoms with Gasteiger partial charge in [0.1, 0.15) is 0 Å². The highest BCUT2D eigenvalue weighted by Gasteiger charge is 2.43. The van der Waals surface area contributed by atoms with Crippen molar-refractivity contribution in [2.75, 3.05) is 22.2 Å². The quantitative estimate of drug-likeness (QED) is 0.594. The van der Waals surface area contributed by atoms with E-state index in [1.807, 2.05) is 6.20 Å². The fourth-order valence-electron chi connectivity index (χ4n) is 2.73. The third-order valence-corrected chi connectivity index (χ3v) is 8.38. The van der Waals surface area contributed by atoms with Crippen molar-refractivity contribution in [3.05, 3.63) is 28.5 Å². The molecule has 20 heavy (non-hydrogen) atoms. The van der Waals surface area contributed by atoms with E-state index in [1.165, 1.54) is 0 Å². The molecule has 0 radical (unpaired) electrons. The number of nitrogens with zero attached hydrogens (tertiary/aromatic N) is 1. The largest absolute Gasteiger partial charge is 0.263 e. The van der Waals surface area contributed by atoms with Gasteiger partial charge in [-0.2, -0.15) is 0 Å². The molecule has 1 fully saturated rings. The molecule has 0 saturated carbocycles. The van der Waals surface area contributed by atoms with Crippen LogP contribution < -0.4 is 0 Å². The monoisotopic (exact) mass is 487 g/mol. The second-order valence-electron chi connectivity index (χ2n) is 5.42. The Morgan fingerprint density at radius 2 is 2.00 bits per heavy atom. The molecule has 0 bridgehead atoms. The molecule has 3 nitrogen and oxygen atoms in total. The highest BCUT2D eigenvalue weighted by atomic mass is 79.9. The second kappa shape index (κ2) is 6.75. The molecular weight excluding hydrogens is 474 g/mol. The molecular formula is C13H16Br3NO2S. The SMILES string of the molecule is O=S1(=O)CCC(C(CBr)(CBr)Cc2cncc(Br)c2)C1. The summed E-state index contributed by atoms with van der Waals surface area (Å²) < 4.78 is 24.5. The van der Waals surface area contributed by atoms with Gasteiger partial charge in [0.25, 0.3) is 0 Å². The van der Waals surface area contributed by atoms with Crippen molar-refractivity contribution in [2.24, 2.45) is 11.3 Å². The molecule has 1 aromatic heterocycles. The summed E-state index contributed by atoms with van der Waals surface area (Å²) in [5, 5.41) is 1.55. The summed E-state index contributed by atoms with van der Waals surface area (Å²) in [6.45, 7) is 0. The number of sulfone groups is 1. The van der Waals surface area contributed by atoms with Crippen LogP contribution in [0.2, 0.25) is 0 Å². The van der Waals surface area contributed by atoms with E-state index in [1.54, 1.807) is 6.20 Å². The highest BCUT2D eigenvalue weighted by molar-refractivity contribution is 9.10. The first kappa shape index (κ1) is 16.9. The summed E-state index contributed by atoms with van der Waals surface area (Å²) in [5.74, 6) is 0.798. The molecule has 1 unspecified atom stereocenters. The Labute approximate surface area is 145 Å². The van der Waals surface area contributed by atoms with Gasteiger partial charge >= 0.3 is 0 Å². The Morgan fingerprint density at radius 3 is 2.50 bits per heavy atom. The van der Waals surface area contributed by atoms with Crippen molar-refractivity contribution in [1.29, 1.82) is 0 Å². The van der Waals surface area contributed by atoms with Crippen LogP contribution in [-0.2, 0) is 16.3 Å². The Balaban J connectivity index is 2.26. The van der Waals surface area contributed by atoms with E-state index in [2.05, 4.69) is 58.8 Å². The van der Waals surface area contributed by atoms with Gasteiger partial charge in [0.2, 0.25) is 0 Å². The number of hydrogen-bond acceptors (Lipinski definition) is 3. The topological polar surface area (TPSA) is 47.0 Å². The molecule has 1 aromatic rings. The van der Waals surface area contributed by atoms with Crippen LogP contribution in [0.4, 0.5) is 0 Å². The molecule has 0 spiro atoms. The average molecular weight is 490 g/mol. The zero-order valence-corrected chi connectivity index (χ0v) is 16.4. The number of pyridine rings is 1. The van der Waals surface area contributed by atoms with Crippen LogP contribution in [0.1, 0.15) is 12.0 Å². The van der Waals surface area contributed by atoms with Crippen molar-refractivity contribution in [2.45, 2.75) is 12.8 Å². The van der Waals surface area contributed by atoms with E-state index in [-0.39, 0.29) is 11.3 Å². The molecule has 0 aromatic carbocycles. The fraction of sp³-hybridized carbons (Fsp3) is 0.615. The Hall–Kier alpha value is 0.540. The van der Waals surface area contributed by atoms with E-state index in [4.69, 9.17) is 0 Å². The molecule has 1 aliphatic rings. The lowest BCUT2D eigenvalue weighted by atomic mass is 9.74. The second-order valence-corrected chi connectivity index (χ2v) is 9.68. The Bertz CT molecular complexity index is 573. The van der Waals surface area contributed by atoms with Crippen molar-refractivity contribution >= 4 is 57.6 Å². The fourth-order valence-corrected chi connectivity index (χ4v) is 7.33. The maximum atomic E-state index is 11.8. The number of hydrogen-bond donors (Lipinski definition) is 0. The van der Waals surface area contributed by atoms with Gasteiger partial charge in [-0.3, -0.25) is 4.98 Å². The van der Waals surface area contributed by atoms with Crippen LogP contribution in [0, 0.1) is 11.3 Å². The summed E-state index contributed by atoms with van der Waals surface area (Å²) in [6.07, 6.45) is 5.18. The first-order valence-electron chi connectivity index (χ1n) is 6.32. The summed E-state index contributed by atoms with van der Waals surface area (Å²) in [7, 11) is -2.87. The predicted molar refractivity (Wildman–Crippen MR) is 92.4 cm³/mol. The maximum Gasteiger partial charge on any atom is 0.150 e. The van der Waals surface area contributed by atoms with Crippen molar-refractivity contribution in [3.8, 4) is 0 Å². The first-order chi connectivity index (χ1) is 9.41. The van der Waals surface area contributed by atoms with Crippen LogP contribution in [0.5, 0.6) is 0 Å². The summed E-state index contributed by atoms with van der Waals surface area (Å²) in [6, 6.07) is 2.05. The van der Waals surface area contributed by atoms with Crippen LogP contribution >= 0.6 is 47.8 Å². The van der Waals surface area contributed by atoms with Gasteiger partial charge in [-0.1, -0.05) is 31.9 Å². The molecule has 7 heteroatoms. The Morgan fingerprint density at radius 1 is 1.30 bits per heavy atom. The van der Waals surface area contributed by atoms with E-state index >= 15 is 0 Å². The average Bonchev–Trinajstić information content (AvgIpc) is 2.77. The number of rotatable bonds is 5. The third kappa shape index (κ3) is 3.84. The standard InChI is InChI=1S/C13H16Br3NO2S/c14-8-13(9-15,11-1-2-20(18,19)7-11)4-10-3-12(16)6-17-5-10/h3,5-6,11H,1-2,4,7-9H2. The van der Waals surface area contributed by atoms with Gasteiger partial charge in [-0.15, -0.1) is 0 Å². The number of halogens is 3. The van der Waals surface area contributed by atoms with Crippen LogP contribution in [-0.4, -0.2) is 35.6 Å². The minimum atomic E-state index is -2.87. The lowest BCUT2D eigenvalue weighted by Gasteiger charge is -2.35. The van der Waals surface area contributed by atoms with Crippen LogP contribution in [0.25, 0.3) is 0 Å². The lowest BCUT2D eigenvalue weighted by molar-refractivity contribution is 0.253. The van der Waals surface area contributed by atoms with Gasteiger partial charge in [-0.25, -0.2) is 8.42 Å². The number of alkyl halides is 2. The molecule has 1 saturated heterocycles. The van der Waals surface area contributed by atoms with Gasteiger partial charge in [0.15, 0.2) is 9.84 Å². The lowest BCUT2D eigenvalue weighted by Crippen LogP contribution is -2.37. The van der Waals surface area contributed by atoms with Crippen molar-refractivity contribution < 1.29 is 8.42 Å². The molecule has 1 atom stereocenters. The third-order valence-electron chi connectivity index (χ3n) is 3.95. The smallest absolute Gasteiger partial charge is 0.150 e. The zero-order chi connectivity index (χ0) is 14.8. The van der Waals surface area contributed by atoms with Crippen LogP contribution in [0.3, 0.4) is 0 Å². The van der Waals surface area contributed by atoms with E-state index in [0.29, 0.717) is 11.5 Å². The molecule has 0 amide bonds. The summed E-state index contributed by atoms with van der Waals surface area (Å²) in [4.78, 5) is 4.20. The summed E-state index contributed by atoms with van der Waals surface area (Å²) >= 11 is 10.6. The highest BCUT2D eigenvalue weighted by Crippen LogP contribution is 2.42. The first-order valence-corrected chi connectivity index (χ1v) is 11.2. The molecule has 2 rings (SSSR count).